The molecule has 2 aliphatic heterocycles. The number of fused-ring (bicyclic) bond motifs is 2. The third kappa shape index (κ3) is 2.77. The Morgan fingerprint density at radius 2 is 2.20 bits per heavy atom. The van der Waals surface area contributed by atoms with E-state index in [1.807, 2.05) is 0 Å². The van der Waals surface area contributed by atoms with Crippen LogP contribution in [0.3, 0.4) is 0 Å². The number of hydrogen-bond donors (Lipinski definition) is 1. The van der Waals surface area contributed by atoms with Gasteiger partial charge in [0.05, 0.1) is 12.9 Å². The number of rotatable bonds is 4. The number of ether oxygens (including phenoxy) is 1. The van der Waals surface area contributed by atoms with Gasteiger partial charge < -0.3 is 10.1 Å². The quantitative estimate of drug-likeness (QED) is 0.819. The Kier molecular flexibility index (Phi) is 4.11. The second-order valence-corrected chi connectivity index (χ2v) is 9.33. The number of likely N-dealkylation sites (N-methyl/N-ethyl adjacent to an activating group) is 1. The fraction of sp³-hybridized carbons (Fsp3) is 0.667. The van der Waals surface area contributed by atoms with Crippen LogP contribution >= 0.6 is 0 Å². The molecule has 6 nitrogen and oxygen atoms in total. The highest BCUT2D eigenvalue weighted by Crippen LogP contribution is 2.54. The van der Waals surface area contributed by atoms with Gasteiger partial charge in [-0.25, -0.2) is 0 Å². The first kappa shape index (κ1) is 17.3. The van der Waals surface area contributed by atoms with E-state index in [1.165, 1.54) is 16.8 Å². The average molecular weight is 366 g/mol. The summed E-state index contributed by atoms with van der Waals surface area (Å²) in [4.78, 5) is 2.33. The standard InChI is InChI=1S/C18H26N2O4S/c1-20-10-12(11-24-25(3,21)22)8-18(23-2)14-5-4-6-15-17(14)13(9-19-15)7-16(18)20/h4-6,12-13,16,19H,7-11H2,1-3H3. The van der Waals surface area contributed by atoms with E-state index in [4.69, 9.17) is 8.92 Å². The molecule has 2 heterocycles. The molecule has 1 fully saturated rings. The number of benzene rings is 1. The van der Waals surface area contributed by atoms with E-state index >= 15 is 0 Å². The van der Waals surface area contributed by atoms with Gasteiger partial charge in [0, 0.05) is 37.8 Å². The lowest BCUT2D eigenvalue weighted by Gasteiger charge is -2.54. The van der Waals surface area contributed by atoms with Crippen LogP contribution < -0.4 is 5.32 Å². The Bertz CT molecular complexity index is 781. The molecule has 0 radical (unpaired) electrons. The van der Waals surface area contributed by atoms with E-state index in [-0.39, 0.29) is 12.5 Å². The number of nitrogens with zero attached hydrogens (tertiary/aromatic N) is 1. The molecule has 0 amide bonds. The Labute approximate surface area is 149 Å². The van der Waals surface area contributed by atoms with Gasteiger partial charge in [0.2, 0.25) is 0 Å². The van der Waals surface area contributed by atoms with Gasteiger partial charge in [-0.3, -0.25) is 9.08 Å². The van der Waals surface area contributed by atoms with Crippen molar-refractivity contribution < 1.29 is 17.3 Å². The summed E-state index contributed by atoms with van der Waals surface area (Å²) in [5, 5.41) is 3.53. The maximum atomic E-state index is 11.4. The maximum Gasteiger partial charge on any atom is 0.264 e. The van der Waals surface area contributed by atoms with Crippen molar-refractivity contribution in [3.63, 3.8) is 0 Å². The van der Waals surface area contributed by atoms with Crippen molar-refractivity contribution in [1.82, 2.24) is 4.90 Å². The summed E-state index contributed by atoms with van der Waals surface area (Å²) in [7, 11) is 0.462. The Hall–Kier alpha value is -1.15. The van der Waals surface area contributed by atoms with Crippen LogP contribution in [0.1, 0.15) is 29.9 Å². The zero-order valence-electron chi connectivity index (χ0n) is 15.0. The summed E-state index contributed by atoms with van der Waals surface area (Å²) in [6.45, 7) is 2.01. The summed E-state index contributed by atoms with van der Waals surface area (Å²) < 4.78 is 34.1. The molecule has 0 bridgehead atoms. The number of anilines is 1. The Balaban J connectivity index is 1.72. The largest absolute Gasteiger partial charge is 0.384 e. The molecule has 1 aromatic carbocycles. The van der Waals surface area contributed by atoms with Crippen LogP contribution in [0.2, 0.25) is 0 Å². The van der Waals surface area contributed by atoms with E-state index in [9.17, 15) is 8.42 Å². The zero-order valence-corrected chi connectivity index (χ0v) is 15.8. The SMILES string of the molecule is COC12CC(COS(C)(=O)=O)CN(C)C1CC1CNc3cccc2c31. The zero-order chi connectivity index (χ0) is 17.8. The number of nitrogens with one attached hydrogen (secondary N) is 1. The highest BCUT2D eigenvalue weighted by Gasteiger charge is 2.54. The minimum atomic E-state index is -3.43. The van der Waals surface area contributed by atoms with E-state index in [1.54, 1.807) is 7.11 Å². The number of piperidine rings is 1. The summed E-state index contributed by atoms with van der Waals surface area (Å²) in [5.74, 6) is 0.628. The molecule has 1 N–H and O–H groups in total. The maximum absolute atomic E-state index is 11.4. The predicted octanol–water partition coefficient (Wildman–Crippen LogP) is 1.74. The Morgan fingerprint density at radius 3 is 2.92 bits per heavy atom. The summed E-state index contributed by atoms with van der Waals surface area (Å²) in [5.41, 5.74) is 3.45. The summed E-state index contributed by atoms with van der Waals surface area (Å²) in [6, 6.07) is 6.70. The monoisotopic (exact) mass is 366 g/mol. The molecule has 7 heteroatoms. The third-order valence-corrected chi connectivity index (χ3v) is 6.67. The highest BCUT2D eigenvalue weighted by molar-refractivity contribution is 7.85. The van der Waals surface area contributed by atoms with E-state index in [2.05, 4.69) is 35.5 Å². The molecule has 4 rings (SSSR count). The second-order valence-electron chi connectivity index (χ2n) is 7.69. The highest BCUT2D eigenvalue weighted by atomic mass is 32.2. The molecule has 0 saturated carbocycles. The fourth-order valence-corrected chi connectivity index (χ4v) is 5.61. The van der Waals surface area contributed by atoms with Crippen LogP contribution in [0.4, 0.5) is 5.69 Å². The minimum Gasteiger partial charge on any atom is -0.384 e. The molecule has 0 aromatic heterocycles. The van der Waals surface area contributed by atoms with Gasteiger partial charge >= 0.3 is 0 Å². The van der Waals surface area contributed by atoms with Crippen molar-refractivity contribution in [2.75, 3.05) is 45.4 Å². The molecule has 0 spiro atoms. The van der Waals surface area contributed by atoms with Crippen LogP contribution in [-0.2, 0) is 24.6 Å². The van der Waals surface area contributed by atoms with Crippen molar-refractivity contribution in [2.24, 2.45) is 5.92 Å². The molecule has 1 saturated heterocycles. The fourth-order valence-electron chi connectivity index (χ4n) is 5.17. The molecule has 4 unspecified atom stereocenters. The first-order valence-electron chi connectivity index (χ1n) is 8.81. The molecular formula is C18H26N2O4S. The van der Waals surface area contributed by atoms with Crippen molar-refractivity contribution in [1.29, 1.82) is 0 Å². The summed E-state index contributed by atoms with van der Waals surface area (Å²) >= 11 is 0. The lowest BCUT2D eigenvalue weighted by Crippen LogP contribution is -2.60. The van der Waals surface area contributed by atoms with Gasteiger partial charge in [0.15, 0.2) is 0 Å². The lowest BCUT2D eigenvalue weighted by molar-refractivity contribution is -0.137. The van der Waals surface area contributed by atoms with Crippen LogP contribution in [-0.4, -0.2) is 59.5 Å². The predicted molar refractivity (Wildman–Crippen MR) is 96.3 cm³/mol. The van der Waals surface area contributed by atoms with Gasteiger partial charge in [-0.15, -0.1) is 0 Å². The van der Waals surface area contributed by atoms with Gasteiger partial charge in [-0.1, -0.05) is 12.1 Å². The van der Waals surface area contributed by atoms with Crippen molar-refractivity contribution in [2.45, 2.75) is 30.4 Å². The number of hydrogen-bond acceptors (Lipinski definition) is 6. The summed E-state index contributed by atoms with van der Waals surface area (Å²) in [6.07, 6.45) is 2.94. The van der Waals surface area contributed by atoms with E-state index < -0.39 is 15.7 Å². The van der Waals surface area contributed by atoms with Crippen LogP contribution in [0.25, 0.3) is 0 Å². The van der Waals surface area contributed by atoms with Gasteiger partial charge in [-0.05, 0) is 43.0 Å². The normalized spacial score (nSPS) is 34.3. The van der Waals surface area contributed by atoms with Gasteiger partial charge in [0.25, 0.3) is 10.1 Å². The van der Waals surface area contributed by atoms with Crippen molar-refractivity contribution >= 4 is 15.8 Å². The Morgan fingerprint density at radius 1 is 1.40 bits per heavy atom. The van der Waals surface area contributed by atoms with E-state index in [0.717, 1.165) is 32.2 Å². The van der Waals surface area contributed by atoms with Gasteiger partial charge in [-0.2, -0.15) is 8.42 Å². The third-order valence-electron chi connectivity index (χ3n) is 6.11. The molecule has 3 aliphatic rings. The average Bonchev–Trinajstić information content (AvgIpc) is 2.98. The lowest BCUT2D eigenvalue weighted by atomic mass is 9.65. The van der Waals surface area contributed by atoms with Crippen molar-refractivity contribution in [3.05, 3.63) is 29.3 Å². The van der Waals surface area contributed by atoms with Crippen LogP contribution in [0.15, 0.2) is 18.2 Å². The smallest absolute Gasteiger partial charge is 0.264 e. The first-order chi connectivity index (χ1) is 11.8. The molecule has 138 valence electrons. The van der Waals surface area contributed by atoms with Crippen LogP contribution in [0, 0.1) is 5.92 Å². The topological polar surface area (TPSA) is 67.9 Å². The number of methoxy groups -OCH3 is 1. The molecular weight excluding hydrogens is 340 g/mol. The molecule has 1 aliphatic carbocycles. The molecule has 25 heavy (non-hydrogen) atoms. The van der Waals surface area contributed by atoms with Gasteiger partial charge in [0.1, 0.15) is 5.60 Å². The van der Waals surface area contributed by atoms with Crippen LogP contribution in [0.5, 0.6) is 0 Å². The number of likely N-dealkylation sites (tertiary alicyclic amines) is 1. The second kappa shape index (κ2) is 5.94. The molecule has 4 atom stereocenters. The minimum absolute atomic E-state index is 0.109. The molecule has 1 aromatic rings. The first-order valence-corrected chi connectivity index (χ1v) is 10.6. The van der Waals surface area contributed by atoms with Crippen molar-refractivity contribution in [3.8, 4) is 0 Å². The van der Waals surface area contributed by atoms with E-state index in [0.29, 0.717) is 12.0 Å².